The molecule has 0 saturated carbocycles. The van der Waals surface area contributed by atoms with Gasteiger partial charge in [-0.1, -0.05) is 29.8 Å². The molecule has 1 atom stereocenters. The highest BCUT2D eigenvalue weighted by molar-refractivity contribution is 5.21. The number of likely N-dealkylation sites (tertiary alicyclic amines) is 1. The van der Waals surface area contributed by atoms with Crippen LogP contribution < -0.4 is 0 Å². The van der Waals surface area contributed by atoms with Crippen LogP contribution in [0.15, 0.2) is 36.5 Å². The second-order valence-corrected chi connectivity index (χ2v) is 5.76. The monoisotopic (exact) mass is 267 g/mol. The quantitative estimate of drug-likeness (QED) is 0.855. The van der Waals surface area contributed by atoms with Crippen LogP contribution in [0.4, 0.5) is 0 Å². The molecule has 0 radical (unpaired) electrons. The van der Waals surface area contributed by atoms with Crippen molar-refractivity contribution in [2.45, 2.75) is 32.7 Å². The Bertz CT molecular complexity index is 577. The highest BCUT2D eigenvalue weighted by Gasteiger charge is 2.25. The van der Waals surface area contributed by atoms with Gasteiger partial charge in [-0.15, -0.1) is 0 Å². The summed E-state index contributed by atoms with van der Waals surface area (Å²) in [5.74, 6) is 1.50. The van der Waals surface area contributed by atoms with Gasteiger partial charge < -0.3 is 0 Å². The molecule has 20 heavy (non-hydrogen) atoms. The van der Waals surface area contributed by atoms with Crippen molar-refractivity contribution in [1.82, 2.24) is 14.9 Å². The van der Waals surface area contributed by atoms with E-state index in [-0.39, 0.29) is 0 Å². The zero-order valence-corrected chi connectivity index (χ0v) is 12.2. The standard InChI is InChI=1S/C17H21N3/c1-13-3-5-15(6-4-13)11-20-10-8-16(12-20)17-18-9-7-14(2)19-17/h3-7,9,16H,8,10-12H2,1-2H3. The molecule has 2 aromatic rings. The van der Waals surface area contributed by atoms with Crippen molar-refractivity contribution in [3.63, 3.8) is 0 Å². The Morgan fingerprint density at radius 1 is 1.15 bits per heavy atom. The summed E-state index contributed by atoms with van der Waals surface area (Å²) in [6.45, 7) is 7.39. The van der Waals surface area contributed by atoms with Crippen LogP contribution in [0, 0.1) is 13.8 Å². The van der Waals surface area contributed by atoms with Crippen molar-refractivity contribution in [1.29, 1.82) is 0 Å². The SMILES string of the molecule is Cc1ccc(CN2CCC(c3nccc(C)n3)C2)cc1. The predicted octanol–water partition coefficient (Wildman–Crippen LogP) is 3.08. The van der Waals surface area contributed by atoms with Crippen LogP contribution in [0.3, 0.4) is 0 Å². The fourth-order valence-electron chi connectivity index (χ4n) is 2.80. The van der Waals surface area contributed by atoms with Crippen LogP contribution in [-0.2, 0) is 6.54 Å². The molecule has 0 spiro atoms. The molecule has 104 valence electrons. The minimum atomic E-state index is 0.486. The van der Waals surface area contributed by atoms with Crippen LogP contribution in [0.25, 0.3) is 0 Å². The van der Waals surface area contributed by atoms with E-state index in [1.165, 1.54) is 11.1 Å². The fraction of sp³-hybridized carbons (Fsp3) is 0.412. The highest BCUT2D eigenvalue weighted by Crippen LogP contribution is 2.25. The van der Waals surface area contributed by atoms with Gasteiger partial charge in [0.25, 0.3) is 0 Å². The summed E-state index contributed by atoms with van der Waals surface area (Å²) in [7, 11) is 0. The summed E-state index contributed by atoms with van der Waals surface area (Å²) in [6, 6.07) is 10.8. The molecule has 0 aliphatic carbocycles. The van der Waals surface area contributed by atoms with Crippen LogP contribution in [0.1, 0.15) is 35.0 Å². The third-order valence-electron chi connectivity index (χ3n) is 3.98. The molecule has 0 bridgehead atoms. The van der Waals surface area contributed by atoms with Gasteiger partial charge in [-0.25, -0.2) is 9.97 Å². The molecular weight excluding hydrogens is 246 g/mol. The summed E-state index contributed by atoms with van der Waals surface area (Å²) < 4.78 is 0. The van der Waals surface area contributed by atoms with Crippen molar-refractivity contribution in [3.05, 3.63) is 59.2 Å². The molecule has 1 saturated heterocycles. The average Bonchev–Trinajstić information content (AvgIpc) is 2.90. The van der Waals surface area contributed by atoms with Crippen LogP contribution in [0.5, 0.6) is 0 Å². The highest BCUT2D eigenvalue weighted by atomic mass is 15.1. The lowest BCUT2D eigenvalue weighted by Gasteiger charge is -2.16. The van der Waals surface area contributed by atoms with Crippen molar-refractivity contribution >= 4 is 0 Å². The number of nitrogens with zero attached hydrogens (tertiary/aromatic N) is 3. The molecule has 1 aromatic heterocycles. The Kier molecular flexibility index (Phi) is 3.79. The molecule has 0 N–H and O–H groups in total. The Balaban J connectivity index is 1.63. The topological polar surface area (TPSA) is 29.0 Å². The van der Waals surface area contributed by atoms with E-state index in [1.807, 2.05) is 19.2 Å². The maximum atomic E-state index is 4.57. The first kappa shape index (κ1) is 13.3. The van der Waals surface area contributed by atoms with Gasteiger partial charge >= 0.3 is 0 Å². The summed E-state index contributed by atoms with van der Waals surface area (Å²) in [4.78, 5) is 11.5. The minimum absolute atomic E-state index is 0.486. The summed E-state index contributed by atoms with van der Waals surface area (Å²) in [5.41, 5.74) is 3.77. The Morgan fingerprint density at radius 3 is 2.70 bits per heavy atom. The molecular formula is C17H21N3. The van der Waals surface area contributed by atoms with E-state index in [1.54, 1.807) is 0 Å². The second-order valence-electron chi connectivity index (χ2n) is 5.76. The average molecular weight is 267 g/mol. The van der Waals surface area contributed by atoms with Gasteiger partial charge in [-0.2, -0.15) is 0 Å². The number of aromatic nitrogens is 2. The van der Waals surface area contributed by atoms with Crippen LogP contribution >= 0.6 is 0 Å². The molecule has 1 fully saturated rings. The molecule has 3 nitrogen and oxygen atoms in total. The Hall–Kier alpha value is -1.74. The van der Waals surface area contributed by atoms with Crippen molar-refractivity contribution in [3.8, 4) is 0 Å². The van der Waals surface area contributed by atoms with Crippen molar-refractivity contribution in [2.75, 3.05) is 13.1 Å². The van der Waals surface area contributed by atoms with E-state index in [0.717, 1.165) is 37.6 Å². The van der Waals surface area contributed by atoms with E-state index in [2.05, 4.69) is 46.1 Å². The van der Waals surface area contributed by atoms with Gasteiger partial charge in [0.15, 0.2) is 0 Å². The second kappa shape index (κ2) is 5.71. The molecule has 3 rings (SSSR count). The summed E-state index contributed by atoms with van der Waals surface area (Å²) in [5, 5.41) is 0. The Labute approximate surface area is 120 Å². The molecule has 2 heterocycles. The number of hydrogen-bond acceptors (Lipinski definition) is 3. The van der Waals surface area contributed by atoms with Crippen LogP contribution in [-0.4, -0.2) is 28.0 Å². The number of benzene rings is 1. The van der Waals surface area contributed by atoms with Gasteiger partial charge in [-0.3, -0.25) is 4.90 Å². The Morgan fingerprint density at radius 2 is 1.95 bits per heavy atom. The van der Waals surface area contributed by atoms with E-state index in [4.69, 9.17) is 0 Å². The van der Waals surface area contributed by atoms with Gasteiger partial charge in [0.1, 0.15) is 5.82 Å². The zero-order valence-electron chi connectivity index (χ0n) is 12.2. The maximum absolute atomic E-state index is 4.57. The van der Waals surface area contributed by atoms with E-state index in [9.17, 15) is 0 Å². The fourth-order valence-corrected chi connectivity index (χ4v) is 2.80. The smallest absolute Gasteiger partial charge is 0.132 e. The first-order chi connectivity index (χ1) is 9.70. The molecule has 1 aliphatic rings. The van der Waals surface area contributed by atoms with E-state index in [0.29, 0.717) is 5.92 Å². The first-order valence-electron chi connectivity index (χ1n) is 7.28. The lowest BCUT2D eigenvalue weighted by Crippen LogP contribution is -2.20. The number of rotatable bonds is 3. The minimum Gasteiger partial charge on any atom is -0.298 e. The van der Waals surface area contributed by atoms with E-state index >= 15 is 0 Å². The van der Waals surface area contributed by atoms with Gasteiger partial charge in [0.05, 0.1) is 0 Å². The van der Waals surface area contributed by atoms with Gasteiger partial charge in [-0.05, 0) is 38.4 Å². The van der Waals surface area contributed by atoms with Crippen LogP contribution in [0.2, 0.25) is 0 Å². The first-order valence-corrected chi connectivity index (χ1v) is 7.28. The number of hydrogen-bond donors (Lipinski definition) is 0. The lowest BCUT2D eigenvalue weighted by atomic mass is 10.1. The van der Waals surface area contributed by atoms with Gasteiger partial charge in [0, 0.05) is 30.9 Å². The maximum Gasteiger partial charge on any atom is 0.132 e. The third kappa shape index (κ3) is 3.05. The van der Waals surface area contributed by atoms with Gasteiger partial charge in [0.2, 0.25) is 0 Å². The molecule has 1 aliphatic heterocycles. The summed E-state index contributed by atoms with van der Waals surface area (Å²) in [6.07, 6.45) is 3.04. The van der Waals surface area contributed by atoms with E-state index < -0.39 is 0 Å². The number of aryl methyl sites for hydroxylation is 2. The third-order valence-corrected chi connectivity index (χ3v) is 3.98. The van der Waals surface area contributed by atoms with Crippen molar-refractivity contribution < 1.29 is 0 Å². The molecule has 1 unspecified atom stereocenters. The van der Waals surface area contributed by atoms with Crippen molar-refractivity contribution in [2.24, 2.45) is 0 Å². The molecule has 3 heteroatoms. The normalized spacial score (nSPS) is 19.4. The zero-order chi connectivity index (χ0) is 13.9. The largest absolute Gasteiger partial charge is 0.298 e. The predicted molar refractivity (Wildman–Crippen MR) is 80.6 cm³/mol. The molecule has 0 amide bonds. The lowest BCUT2D eigenvalue weighted by molar-refractivity contribution is 0.325. The summed E-state index contributed by atoms with van der Waals surface area (Å²) >= 11 is 0. The molecule has 1 aromatic carbocycles.